The van der Waals surface area contributed by atoms with Gasteiger partial charge in [-0.25, -0.2) is 4.59 Å². The summed E-state index contributed by atoms with van der Waals surface area (Å²) in [5.74, 6) is 0. The van der Waals surface area contributed by atoms with Gasteiger partial charge >= 0.3 is 0 Å². The molecule has 1 aliphatic heterocycles. The largest absolute Gasteiger partial charge is 1.00 e. The van der Waals surface area contributed by atoms with Gasteiger partial charge in [0, 0.05) is 13.5 Å². The van der Waals surface area contributed by atoms with E-state index in [1.54, 1.807) is 0 Å². The molecule has 1 aliphatic rings. The van der Waals surface area contributed by atoms with Crippen molar-refractivity contribution in [1.82, 2.24) is 5.01 Å². The third-order valence-corrected chi connectivity index (χ3v) is 2.92. The molecule has 0 aromatic rings. The van der Waals surface area contributed by atoms with E-state index in [2.05, 4.69) is 40.0 Å². The summed E-state index contributed by atoms with van der Waals surface area (Å²) in [6, 6.07) is 0. The van der Waals surface area contributed by atoms with Crippen molar-refractivity contribution in [2.24, 2.45) is 5.41 Å². The Labute approximate surface area is 93.5 Å². The summed E-state index contributed by atoms with van der Waals surface area (Å²) in [5, 5.41) is 2.42. The predicted molar refractivity (Wildman–Crippen MR) is 48.0 cm³/mol. The zero-order chi connectivity index (χ0) is 8.70. The third kappa shape index (κ3) is 2.85. The molecule has 0 atom stereocenters. The van der Waals surface area contributed by atoms with Gasteiger partial charge in [-0.05, 0) is 5.41 Å². The molecule has 1 rings (SSSR count). The van der Waals surface area contributed by atoms with E-state index in [9.17, 15) is 0 Å². The quantitative estimate of drug-likeness (QED) is 0.380. The van der Waals surface area contributed by atoms with Crippen LogP contribution in [0.4, 0.5) is 0 Å². The second-order valence-corrected chi connectivity index (χ2v) is 5.07. The lowest BCUT2D eigenvalue weighted by Crippen LogP contribution is -3.00. The van der Waals surface area contributed by atoms with Crippen LogP contribution in [0.25, 0.3) is 0 Å². The van der Waals surface area contributed by atoms with Gasteiger partial charge in [0.2, 0.25) is 0 Å². The van der Waals surface area contributed by atoms with E-state index in [0.717, 1.165) is 4.59 Å². The maximum Gasteiger partial charge on any atom is 0.0965 e. The lowest BCUT2D eigenvalue weighted by Gasteiger charge is -2.47. The number of rotatable bonds is 0. The minimum Gasteiger partial charge on any atom is -1.00 e. The van der Waals surface area contributed by atoms with Crippen molar-refractivity contribution >= 4 is 0 Å². The highest BCUT2D eigenvalue weighted by atomic mass is 127. The van der Waals surface area contributed by atoms with E-state index < -0.39 is 0 Å². The molecule has 2 nitrogen and oxygen atoms in total. The minimum atomic E-state index is 0. The maximum atomic E-state index is 2.42. The lowest BCUT2D eigenvalue weighted by molar-refractivity contribution is -1.01. The van der Waals surface area contributed by atoms with Crippen molar-refractivity contribution < 1.29 is 28.6 Å². The smallest absolute Gasteiger partial charge is 0.0965 e. The molecule has 1 fully saturated rings. The zero-order valence-corrected chi connectivity index (χ0v) is 11.1. The van der Waals surface area contributed by atoms with Gasteiger partial charge in [0.25, 0.3) is 0 Å². The Morgan fingerprint density at radius 2 is 1.75 bits per heavy atom. The zero-order valence-electron chi connectivity index (χ0n) is 8.89. The highest BCUT2D eigenvalue weighted by molar-refractivity contribution is 4.72. The summed E-state index contributed by atoms with van der Waals surface area (Å²) in [4.78, 5) is 0. The Morgan fingerprint density at radius 1 is 1.25 bits per heavy atom. The van der Waals surface area contributed by atoms with Crippen LogP contribution in [-0.2, 0) is 0 Å². The van der Waals surface area contributed by atoms with Crippen LogP contribution in [0.1, 0.15) is 20.3 Å². The van der Waals surface area contributed by atoms with Gasteiger partial charge < -0.3 is 24.0 Å². The van der Waals surface area contributed by atoms with E-state index in [0.29, 0.717) is 5.41 Å². The topological polar surface area (TPSA) is 3.24 Å². The number of quaternary nitrogens is 1. The molecule has 0 aromatic carbocycles. The molecule has 0 N–H and O–H groups in total. The fraction of sp³-hybridized carbons (Fsp3) is 1.00. The molecule has 0 bridgehead atoms. The summed E-state index contributed by atoms with van der Waals surface area (Å²) in [6.45, 7) is 7.18. The molecule has 74 valence electrons. The van der Waals surface area contributed by atoms with Gasteiger partial charge in [-0.1, -0.05) is 13.8 Å². The molecule has 0 aromatic heterocycles. The molecule has 0 spiro atoms. The molecule has 0 radical (unpaired) electrons. The molecule has 0 aliphatic carbocycles. The van der Waals surface area contributed by atoms with E-state index >= 15 is 0 Å². The van der Waals surface area contributed by atoms with E-state index in [-0.39, 0.29) is 24.0 Å². The van der Waals surface area contributed by atoms with Crippen molar-refractivity contribution in [1.29, 1.82) is 0 Å². The predicted octanol–water partition coefficient (Wildman–Crippen LogP) is -1.66. The molecule has 1 saturated heterocycles. The Hall–Kier alpha value is 0.650. The Morgan fingerprint density at radius 3 is 2.08 bits per heavy atom. The highest BCUT2D eigenvalue weighted by Crippen LogP contribution is 2.29. The Kier molecular flexibility index (Phi) is 4.00. The van der Waals surface area contributed by atoms with E-state index in [4.69, 9.17) is 0 Å². The van der Waals surface area contributed by atoms with Gasteiger partial charge in [0.05, 0.1) is 27.2 Å². The fourth-order valence-electron chi connectivity index (χ4n) is 1.64. The van der Waals surface area contributed by atoms with Crippen LogP contribution in [0.3, 0.4) is 0 Å². The van der Waals surface area contributed by atoms with Crippen LogP contribution in [0.15, 0.2) is 0 Å². The van der Waals surface area contributed by atoms with Gasteiger partial charge in [-0.2, -0.15) is 5.01 Å². The van der Waals surface area contributed by atoms with Crippen LogP contribution in [0.2, 0.25) is 0 Å². The monoisotopic (exact) mass is 284 g/mol. The van der Waals surface area contributed by atoms with E-state index in [1.165, 1.54) is 19.5 Å². The molecule has 3 heteroatoms. The average Bonchev–Trinajstić information content (AvgIpc) is 1.81. The lowest BCUT2D eigenvalue weighted by atomic mass is 9.87. The first-order chi connectivity index (χ1) is 4.83. The first kappa shape index (κ1) is 12.7. The molecule has 0 saturated carbocycles. The summed E-state index contributed by atoms with van der Waals surface area (Å²) in [6.07, 6.45) is 1.34. The maximum absolute atomic E-state index is 2.42. The third-order valence-electron chi connectivity index (χ3n) is 2.92. The summed E-state index contributed by atoms with van der Waals surface area (Å²) in [7, 11) is 6.76. The number of nitrogens with zero attached hydrogens (tertiary/aromatic N) is 2. The number of hydrogen-bond donors (Lipinski definition) is 0. The van der Waals surface area contributed by atoms with Gasteiger partial charge in [0.15, 0.2) is 0 Å². The van der Waals surface area contributed by atoms with Crippen molar-refractivity contribution in [3.63, 3.8) is 0 Å². The van der Waals surface area contributed by atoms with Gasteiger partial charge in [-0.15, -0.1) is 0 Å². The van der Waals surface area contributed by atoms with Crippen LogP contribution in [0, 0.1) is 5.41 Å². The number of halogens is 1. The van der Waals surface area contributed by atoms with Crippen molar-refractivity contribution in [3.05, 3.63) is 0 Å². The van der Waals surface area contributed by atoms with Crippen LogP contribution >= 0.6 is 0 Å². The number of hydrogen-bond acceptors (Lipinski definition) is 1. The average molecular weight is 284 g/mol. The molecule has 1 heterocycles. The molecular weight excluding hydrogens is 263 g/mol. The summed E-state index contributed by atoms with van der Waals surface area (Å²) in [5.41, 5.74) is 0.516. The van der Waals surface area contributed by atoms with Gasteiger partial charge in [0.1, 0.15) is 0 Å². The highest BCUT2D eigenvalue weighted by Gasteiger charge is 2.35. The Balaban J connectivity index is 0.00000121. The fourth-order valence-corrected chi connectivity index (χ4v) is 1.64. The SMILES string of the molecule is CN1CC(C)(C)CC[N+]1(C)C.[I-]. The van der Waals surface area contributed by atoms with Crippen molar-refractivity contribution in [2.75, 3.05) is 34.2 Å². The normalized spacial score (nSPS) is 27.8. The van der Waals surface area contributed by atoms with Crippen LogP contribution in [-0.4, -0.2) is 43.8 Å². The Bertz CT molecular complexity index is 155. The van der Waals surface area contributed by atoms with Crippen LogP contribution < -0.4 is 24.0 Å². The minimum absolute atomic E-state index is 0. The molecule has 0 unspecified atom stereocenters. The van der Waals surface area contributed by atoms with Gasteiger partial charge in [-0.3, -0.25) is 0 Å². The second-order valence-electron chi connectivity index (χ2n) is 5.07. The standard InChI is InChI=1S/C9H21N2.HI/c1-9(2)6-7-11(4,5)10(3)8-9;/h6-8H2,1-5H3;1H/q+1;/p-1. The molecular formula is C9H21IN2. The van der Waals surface area contributed by atoms with E-state index in [1.807, 2.05) is 0 Å². The molecule has 0 amide bonds. The summed E-state index contributed by atoms with van der Waals surface area (Å²) < 4.78 is 1.05. The van der Waals surface area contributed by atoms with Crippen LogP contribution in [0.5, 0.6) is 0 Å². The molecule has 12 heavy (non-hydrogen) atoms. The summed E-state index contributed by atoms with van der Waals surface area (Å²) >= 11 is 0. The van der Waals surface area contributed by atoms with Crippen molar-refractivity contribution in [2.45, 2.75) is 20.3 Å². The van der Waals surface area contributed by atoms with Crippen molar-refractivity contribution in [3.8, 4) is 0 Å². The second kappa shape index (κ2) is 3.80. The first-order valence-corrected chi connectivity index (χ1v) is 4.38. The first-order valence-electron chi connectivity index (χ1n) is 4.38.